The highest BCUT2D eigenvalue weighted by molar-refractivity contribution is 7.11. The molecule has 2 saturated heterocycles. The van der Waals surface area contributed by atoms with Gasteiger partial charge in [0.15, 0.2) is 10.8 Å². The molecule has 3 aliphatic heterocycles. The van der Waals surface area contributed by atoms with Gasteiger partial charge in [0.2, 0.25) is 0 Å². The van der Waals surface area contributed by atoms with E-state index in [0.717, 1.165) is 6.07 Å². The SMILES string of the molecule is O=C(O)C1=C(CN2CCN3C(=O)NC[C@@H]3C2)NC(c2nccs2)=N[C@H]1c1ccc(F)cc1Cl. The average Bonchev–Trinajstić information content (AvgIpc) is 3.43. The molecule has 9 nitrogen and oxygen atoms in total. The number of fused-ring (bicyclic) bond motifs is 1. The largest absolute Gasteiger partial charge is 0.478 e. The molecule has 0 radical (unpaired) electrons. The molecule has 0 saturated carbocycles. The smallest absolute Gasteiger partial charge is 0.335 e. The molecule has 2 aromatic rings. The first kappa shape index (κ1) is 21.8. The molecule has 3 N–H and O–H groups in total. The highest BCUT2D eigenvalue weighted by Gasteiger charge is 2.38. The third-order valence-corrected chi connectivity index (χ3v) is 7.05. The van der Waals surface area contributed by atoms with Crippen molar-refractivity contribution in [2.24, 2.45) is 4.99 Å². The van der Waals surface area contributed by atoms with Crippen LogP contribution in [0.25, 0.3) is 0 Å². The van der Waals surface area contributed by atoms with E-state index in [1.54, 1.807) is 16.5 Å². The van der Waals surface area contributed by atoms with Crippen LogP contribution in [0.4, 0.5) is 9.18 Å². The summed E-state index contributed by atoms with van der Waals surface area (Å²) in [6.07, 6.45) is 1.64. The quantitative estimate of drug-likeness (QED) is 0.592. The van der Waals surface area contributed by atoms with Crippen molar-refractivity contribution in [3.8, 4) is 0 Å². The van der Waals surface area contributed by atoms with Gasteiger partial charge in [-0.3, -0.25) is 9.89 Å². The van der Waals surface area contributed by atoms with Crippen molar-refractivity contribution in [1.82, 2.24) is 25.4 Å². The Kier molecular flexibility index (Phi) is 5.77. The Morgan fingerprint density at radius 2 is 2.21 bits per heavy atom. The number of benzene rings is 1. The number of nitrogens with one attached hydrogen (secondary N) is 2. The van der Waals surface area contributed by atoms with Crippen molar-refractivity contribution in [1.29, 1.82) is 0 Å². The molecule has 12 heteroatoms. The molecule has 172 valence electrons. The summed E-state index contributed by atoms with van der Waals surface area (Å²) in [7, 11) is 0. The lowest BCUT2D eigenvalue weighted by atomic mass is 9.95. The monoisotopic (exact) mass is 490 g/mol. The van der Waals surface area contributed by atoms with Crippen LogP contribution >= 0.6 is 22.9 Å². The zero-order valence-corrected chi connectivity index (χ0v) is 18.9. The molecule has 0 spiro atoms. The van der Waals surface area contributed by atoms with Crippen LogP contribution in [0.15, 0.2) is 46.0 Å². The molecule has 33 heavy (non-hydrogen) atoms. The number of amides is 2. The summed E-state index contributed by atoms with van der Waals surface area (Å²) in [5, 5.41) is 18.7. The number of hydrogen-bond acceptors (Lipinski definition) is 7. The van der Waals surface area contributed by atoms with E-state index in [4.69, 9.17) is 11.6 Å². The minimum atomic E-state index is -1.14. The van der Waals surface area contributed by atoms with Gasteiger partial charge in [0, 0.05) is 60.6 Å². The standard InChI is InChI=1S/C21H20ClFN6O3S/c22-14-7-11(23)1-2-13(14)17-16(20(30)31)15(26-18(27-17)19-24-3-6-33-19)10-28-4-5-29-12(9-28)8-25-21(29)32/h1-3,6-7,12,17H,4-5,8-10H2,(H,25,32)(H,26,27)(H,30,31)/t12-,17+/m1/s1. The van der Waals surface area contributed by atoms with Crippen molar-refractivity contribution in [2.45, 2.75) is 12.1 Å². The Labute approximate surface area is 197 Å². The summed E-state index contributed by atoms with van der Waals surface area (Å²) in [5.41, 5.74) is 0.921. The molecule has 0 aliphatic carbocycles. The number of carboxylic acid groups (broad SMARTS) is 1. The zero-order valence-electron chi connectivity index (χ0n) is 17.3. The maximum atomic E-state index is 13.7. The number of aliphatic carboxylic acids is 1. The first-order valence-electron chi connectivity index (χ1n) is 10.3. The van der Waals surface area contributed by atoms with Gasteiger partial charge in [0.25, 0.3) is 0 Å². The van der Waals surface area contributed by atoms with Crippen LogP contribution in [0, 0.1) is 5.82 Å². The van der Waals surface area contributed by atoms with Crippen molar-refractivity contribution in [3.05, 3.63) is 62.5 Å². The number of piperazine rings is 1. The van der Waals surface area contributed by atoms with Crippen LogP contribution in [-0.4, -0.2) is 76.5 Å². The second kappa shape index (κ2) is 8.73. The van der Waals surface area contributed by atoms with Crippen molar-refractivity contribution >= 4 is 40.8 Å². The van der Waals surface area contributed by atoms with E-state index >= 15 is 0 Å². The second-order valence-corrected chi connectivity index (χ2v) is 9.28. The fraction of sp³-hybridized carbons (Fsp3) is 0.333. The number of hydrogen-bond donors (Lipinski definition) is 3. The number of carboxylic acids is 1. The number of aromatic nitrogens is 1. The molecular formula is C21H20ClFN6O3S. The molecule has 2 atom stereocenters. The molecule has 5 rings (SSSR count). The number of aliphatic imine (C=N–C) groups is 1. The predicted octanol–water partition coefficient (Wildman–Crippen LogP) is 2.07. The van der Waals surface area contributed by atoms with Gasteiger partial charge < -0.3 is 20.6 Å². The van der Waals surface area contributed by atoms with Gasteiger partial charge in [0.1, 0.15) is 11.9 Å². The van der Waals surface area contributed by atoms with Crippen LogP contribution in [-0.2, 0) is 4.79 Å². The average molecular weight is 491 g/mol. The number of amidine groups is 1. The summed E-state index contributed by atoms with van der Waals surface area (Å²) >= 11 is 7.68. The lowest BCUT2D eigenvalue weighted by molar-refractivity contribution is -0.133. The van der Waals surface area contributed by atoms with Crippen LogP contribution in [0.5, 0.6) is 0 Å². The van der Waals surface area contributed by atoms with E-state index in [1.807, 2.05) is 0 Å². The van der Waals surface area contributed by atoms with Gasteiger partial charge in [-0.1, -0.05) is 17.7 Å². The van der Waals surface area contributed by atoms with Crippen molar-refractivity contribution in [3.63, 3.8) is 0 Å². The Balaban J connectivity index is 1.52. The molecule has 2 amide bonds. The third-order valence-electron chi connectivity index (χ3n) is 5.95. The Bertz CT molecular complexity index is 1170. The number of halogens is 2. The highest BCUT2D eigenvalue weighted by atomic mass is 35.5. The summed E-state index contributed by atoms with van der Waals surface area (Å²) in [6, 6.07) is 2.90. The van der Waals surface area contributed by atoms with Gasteiger partial charge >= 0.3 is 12.0 Å². The summed E-state index contributed by atoms with van der Waals surface area (Å²) < 4.78 is 13.7. The van der Waals surface area contributed by atoms with Gasteiger partial charge in [-0.15, -0.1) is 11.3 Å². The fourth-order valence-electron chi connectivity index (χ4n) is 4.40. The number of thiazole rings is 1. The predicted molar refractivity (Wildman–Crippen MR) is 121 cm³/mol. The normalized spacial score (nSPS) is 23.2. The maximum absolute atomic E-state index is 13.7. The maximum Gasteiger partial charge on any atom is 0.335 e. The van der Waals surface area contributed by atoms with Gasteiger partial charge in [0.05, 0.1) is 11.6 Å². The zero-order chi connectivity index (χ0) is 23.1. The molecule has 3 aliphatic rings. The number of carbonyl (C=O) groups is 2. The van der Waals surface area contributed by atoms with E-state index in [0.29, 0.717) is 54.8 Å². The minimum absolute atomic E-state index is 0.0400. The molecule has 2 fully saturated rings. The lowest BCUT2D eigenvalue weighted by Crippen LogP contribution is -2.53. The van der Waals surface area contributed by atoms with Crippen molar-refractivity contribution < 1.29 is 19.1 Å². The number of urea groups is 1. The minimum Gasteiger partial charge on any atom is -0.478 e. The van der Waals surface area contributed by atoms with E-state index in [-0.39, 0.29) is 22.7 Å². The molecular weight excluding hydrogens is 471 g/mol. The van der Waals surface area contributed by atoms with E-state index in [2.05, 4.69) is 25.5 Å². The van der Waals surface area contributed by atoms with E-state index in [1.165, 1.54) is 23.5 Å². The summed E-state index contributed by atoms with van der Waals surface area (Å²) in [4.78, 5) is 37.2. The first-order chi connectivity index (χ1) is 15.9. The number of carbonyl (C=O) groups excluding carboxylic acids is 1. The van der Waals surface area contributed by atoms with E-state index in [9.17, 15) is 19.1 Å². The Morgan fingerprint density at radius 3 is 2.94 bits per heavy atom. The summed E-state index contributed by atoms with van der Waals surface area (Å²) in [6.45, 7) is 2.66. The summed E-state index contributed by atoms with van der Waals surface area (Å²) in [5.74, 6) is -1.21. The molecule has 0 unspecified atom stereocenters. The van der Waals surface area contributed by atoms with Crippen molar-refractivity contribution in [2.75, 3.05) is 32.7 Å². The second-order valence-electron chi connectivity index (χ2n) is 7.97. The highest BCUT2D eigenvalue weighted by Crippen LogP contribution is 2.36. The molecule has 1 aromatic heterocycles. The van der Waals surface area contributed by atoms with E-state index < -0.39 is 17.8 Å². The Morgan fingerprint density at radius 1 is 1.36 bits per heavy atom. The lowest BCUT2D eigenvalue weighted by Gasteiger charge is -2.38. The number of nitrogens with zero attached hydrogens (tertiary/aromatic N) is 4. The van der Waals surface area contributed by atoms with Gasteiger partial charge in [-0.25, -0.2) is 19.0 Å². The molecule has 0 bridgehead atoms. The fourth-order valence-corrected chi connectivity index (χ4v) is 5.26. The van der Waals surface area contributed by atoms with Gasteiger partial charge in [-0.05, 0) is 12.1 Å². The number of rotatable bonds is 5. The van der Waals surface area contributed by atoms with Crippen LogP contribution in [0.1, 0.15) is 16.6 Å². The molecule has 1 aromatic carbocycles. The van der Waals surface area contributed by atoms with Crippen LogP contribution in [0.3, 0.4) is 0 Å². The topological polar surface area (TPSA) is 110 Å². The third kappa shape index (κ3) is 4.19. The molecule has 4 heterocycles. The van der Waals surface area contributed by atoms with Crippen LogP contribution in [0.2, 0.25) is 5.02 Å². The van der Waals surface area contributed by atoms with Gasteiger partial charge in [-0.2, -0.15) is 0 Å². The Hall–Kier alpha value is -3.02. The first-order valence-corrected chi connectivity index (χ1v) is 11.6. The van der Waals surface area contributed by atoms with Crippen LogP contribution < -0.4 is 10.6 Å².